The fourth-order valence-corrected chi connectivity index (χ4v) is 1.39. The predicted molar refractivity (Wildman–Crippen MR) is 63.9 cm³/mol. The molecule has 0 rings (SSSR count). The highest BCUT2D eigenvalue weighted by Crippen LogP contribution is 2.13. The van der Waals surface area contributed by atoms with Crippen LogP contribution in [0.4, 0.5) is 0 Å². The lowest BCUT2D eigenvalue weighted by Crippen LogP contribution is -2.41. The molecule has 3 N–H and O–H groups in total. The summed E-state index contributed by atoms with van der Waals surface area (Å²) in [6.45, 7) is 6.97. The Kier molecular flexibility index (Phi) is 8.02. The Labute approximate surface area is 93.9 Å². The Morgan fingerprint density at radius 1 is 1.20 bits per heavy atom. The van der Waals surface area contributed by atoms with Crippen LogP contribution >= 0.6 is 0 Å². The second-order valence-corrected chi connectivity index (χ2v) is 4.90. The maximum atomic E-state index is 9.11. The molecule has 0 aliphatic carbocycles. The monoisotopic (exact) mass is 217 g/mol. The van der Waals surface area contributed by atoms with Crippen molar-refractivity contribution in [1.29, 1.82) is 0 Å². The van der Waals surface area contributed by atoms with Crippen molar-refractivity contribution >= 4 is 0 Å². The minimum atomic E-state index is -0.390. The summed E-state index contributed by atoms with van der Waals surface area (Å²) in [4.78, 5) is 0. The number of rotatable bonds is 9. The number of unbranched alkanes of at least 4 members (excludes halogenated alkanes) is 2. The first kappa shape index (κ1) is 14.9. The highest BCUT2D eigenvalue weighted by Gasteiger charge is 2.22. The molecule has 0 fully saturated rings. The minimum absolute atomic E-state index is 0.0260. The SMILES string of the molecule is CCCCCC(C)NCC(C)(CO)CO. The average molecular weight is 217 g/mol. The van der Waals surface area contributed by atoms with Gasteiger partial charge >= 0.3 is 0 Å². The molecule has 92 valence electrons. The van der Waals surface area contributed by atoms with Crippen molar-refractivity contribution in [2.75, 3.05) is 19.8 Å². The topological polar surface area (TPSA) is 52.5 Å². The molecule has 0 spiro atoms. The molecule has 0 radical (unpaired) electrons. The van der Waals surface area contributed by atoms with E-state index in [4.69, 9.17) is 10.2 Å². The van der Waals surface area contributed by atoms with E-state index < -0.39 is 0 Å². The minimum Gasteiger partial charge on any atom is -0.396 e. The van der Waals surface area contributed by atoms with Crippen LogP contribution in [0, 0.1) is 5.41 Å². The van der Waals surface area contributed by atoms with E-state index in [-0.39, 0.29) is 18.6 Å². The lowest BCUT2D eigenvalue weighted by molar-refractivity contribution is 0.0674. The van der Waals surface area contributed by atoms with Crippen LogP contribution < -0.4 is 5.32 Å². The van der Waals surface area contributed by atoms with E-state index in [1.807, 2.05) is 6.92 Å². The van der Waals surface area contributed by atoms with Gasteiger partial charge in [-0.1, -0.05) is 33.1 Å². The highest BCUT2D eigenvalue weighted by molar-refractivity contribution is 4.76. The van der Waals surface area contributed by atoms with Gasteiger partial charge in [-0.3, -0.25) is 0 Å². The van der Waals surface area contributed by atoms with Crippen LogP contribution in [0.2, 0.25) is 0 Å². The van der Waals surface area contributed by atoms with Gasteiger partial charge in [-0.05, 0) is 13.3 Å². The standard InChI is InChI=1S/C12H27NO2/c1-4-5-6-7-11(2)13-8-12(3,9-14)10-15/h11,13-15H,4-10H2,1-3H3. The van der Waals surface area contributed by atoms with E-state index in [2.05, 4.69) is 19.2 Å². The molecule has 3 nitrogen and oxygen atoms in total. The largest absolute Gasteiger partial charge is 0.396 e. The summed E-state index contributed by atoms with van der Waals surface area (Å²) in [5.74, 6) is 0. The van der Waals surface area contributed by atoms with Crippen molar-refractivity contribution in [3.63, 3.8) is 0 Å². The summed E-state index contributed by atoms with van der Waals surface area (Å²) in [6.07, 6.45) is 4.95. The molecule has 0 aromatic heterocycles. The maximum Gasteiger partial charge on any atom is 0.0518 e. The number of aliphatic hydroxyl groups excluding tert-OH is 2. The molecule has 0 aromatic rings. The Morgan fingerprint density at radius 2 is 1.80 bits per heavy atom. The second-order valence-electron chi connectivity index (χ2n) is 4.90. The van der Waals surface area contributed by atoms with Crippen molar-refractivity contribution < 1.29 is 10.2 Å². The molecule has 15 heavy (non-hydrogen) atoms. The third-order valence-corrected chi connectivity index (χ3v) is 2.88. The first-order chi connectivity index (χ1) is 7.08. The van der Waals surface area contributed by atoms with E-state index in [1.165, 1.54) is 25.7 Å². The lowest BCUT2D eigenvalue weighted by atomic mass is 9.92. The van der Waals surface area contributed by atoms with Crippen LogP contribution in [0.25, 0.3) is 0 Å². The zero-order valence-corrected chi connectivity index (χ0v) is 10.4. The first-order valence-corrected chi connectivity index (χ1v) is 6.03. The maximum absolute atomic E-state index is 9.11. The van der Waals surface area contributed by atoms with Crippen LogP contribution in [-0.4, -0.2) is 36.0 Å². The second kappa shape index (κ2) is 8.08. The van der Waals surface area contributed by atoms with Crippen LogP contribution in [0.1, 0.15) is 46.5 Å². The predicted octanol–water partition coefficient (Wildman–Crippen LogP) is 1.54. The van der Waals surface area contributed by atoms with Gasteiger partial charge in [0.2, 0.25) is 0 Å². The van der Waals surface area contributed by atoms with Crippen molar-refractivity contribution in [3.05, 3.63) is 0 Å². The van der Waals surface area contributed by atoms with Gasteiger partial charge in [0, 0.05) is 18.0 Å². The van der Waals surface area contributed by atoms with Crippen molar-refractivity contribution in [3.8, 4) is 0 Å². The molecule has 1 atom stereocenters. The van der Waals surface area contributed by atoms with Gasteiger partial charge in [0.1, 0.15) is 0 Å². The normalized spacial score (nSPS) is 14.2. The van der Waals surface area contributed by atoms with Crippen molar-refractivity contribution in [1.82, 2.24) is 5.32 Å². The molecule has 0 heterocycles. The van der Waals surface area contributed by atoms with E-state index >= 15 is 0 Å². The smallest absolute Gasteiger partial charge is 0.0518 e. The molecule has 0 bridgehead atoms. The highest BCUT2D eigenvalue weighted by atomic mass is 16.3. The first-order valence-electron chi connectivity index (χ1n) is 6.03. The zero-order chi connectivity index (χ0) is 11.7. The lowest BCUT2D eigenvalue weighted by Gasteiger charge is -2.27. The van der Waals surface area contributed by atoms with Crippen molar-refractivity contribution in [2.45, 2.75) is 52.5 Å². The summed E-state index contributed by atoms with van der Waals surface area (Å²) < 4.78 is 0. The molecule has 0 aliphatic rings. The molecule has 0 amide bonds. The summed E-state index contributed by atoms with van der Waals surface area (Å²) in [7, 11) is 0. The van der Waals surface area contributed by atoms with Gasteiger partial charge < -0.3 is 15.5 Å². The molecule has 3 heteroatoms. The van der Waals surface area contributed by atoms with Crippen molar-refractivity contribution in [2.24, 2.45) is 5.41 Å². The number of nitrogens with one attached hydrogen (secondary N) is 1. The van der Waals surface area contributed by atoms with Gasteiger partial charge in [0.25, 0.3) is 0 Å². The van der Waals surface area contributed by atoms with Gasteiger partial charge in [-0.15, -0.1) is 0 Å². The molecular weight excluding hydrogens is 190 g/mol. The van der Waals surface area contributed by atoms with E-state index in [0.717, 1.165) is 0 Å². The Morgan fingerprint density at radius 3 is 2.27 bits per heavy atom. The molecule has 0 aliphatic heterocycles. The quantitative estimate of drug-likeness (QED) is 0.513. The number of hydrogen-bond donors (Lipinski definition) is 3. The Hall–Kier alpha value is -0.120. The van der Waals surface area contributed by atoms with E-state index in [0.29, 0.717) is 12.6 Å². The van der Waals surface area contributed by atoms with Crippen LogP contribution in [0.5, 0.6) is 0 Å². The number of aliphatic hydroxyl groups is 2. The Bertz CT molecular complexity index is 147. The number of hydrogen-bond acceptors (Lipinski definition) is 3. The molecular formula is C12H27NO2. The molecule has 1 unspecified atom stereocenters. The van der Waals surface area contributed by atoms with Gasteiger partial charge in [-0.25, -0.2) is 0 Å². The molecule has 0 saturated carbocycles. The Balaban J connectivity index is 3.64. The fourth-order valence-electron chi connectivity index (χ4n) is 1.39. The van der Waals surface area contributed by atoms with Gasteiger partial charge in [-0.2, -0.15) is 0 Å². The third kappa shape index (κ3) is 6.88. The van der Waals surface area contributed by atoms with Gasteiger partial charge in [0.05, 0.1) is 13.2 Å². The molecule has 0 saturated heterocycles. The summed E-state index contributed by atoms with van der Waals surface area (Å²) in [5.41, 5.74) is -0.390. The van der Waals surface area contributed by atoms with Crippen LogP contribution in [0.3, 0.4) is 0 Å². The fraction of sp³-hybridized carbons (Fsp3) is 1.00. The van der Waals surface area contributed by atoms with Gasteiger partial charge in [0.15, 0.2) is 0 Å². The summed E-state index contributed by atoms with van der Waals surface area (Å²) >= 11 is 0. The van der Waals surface area contributed by atoms with E-state index in [9.17, 15) is 0 Å². The summed E-state index contributed by atoms with van der Waals surface area (Å²) in [6, 6.07) is 0.467. The summed E-state index contributed by atoms with van der Waals surface area (Å²) in [5, 5.41) is 21.6. The molecule has 0 aromatic carbocycles. The average Bonchev–Trinajstić information content (AvgIpc) is 2.26. The van der Waals surface area contributed by atoms with Crippen LogP contribution in [0.15, 0.2) is 0 Å². The third-order valence-electron chi connectivity index (χ3n) is 2.88. The van der Waals surface area contributed by atoms with Crippen LogP contribution in [-0.2, 0) is 0 Å². The van der Waals surface area contributed by atoms with E-state index in [1.54, 1.807) is 0 Å². The zero-order valence-electron chi connectivity index (χ0n) is 10.4.